The molecule has 2 amide bonds. The lowest BCUT2D eigenvalue weighted by Gasteiger charge is -2.32. The van der Waals surface area contributed by atoms with Gasteiger partial charge in [0.05, 0.1) is 18.5 Å². The average molecular weight is 512 g/mol. The number of nitrogens with zero attached hydrogens (tertiary/aromatic N) is 5. The fraction of sp³-hybridized carbons (Fsp3) is 0.250. The fourth-order valence-corrected chi connectivity index (χ4v) is 4.74. The molecule has 194 valence electrons. The molecule has 2 aromatic carbocycles. The second kappa shape index (κ2) is 10.7. The van der Waals surface area contributed by atoms with Crippen LogP contribution in [0.3, 0.4) is 0 Å². The van der Waals surface area contributed by atoms with Crippen LogP contribution in [-0.2, 0) is 11.3 Å². The van der Waals surface area contributed by atoms with E-state index in [4.69, 9.17) is 15.6 Å². The number of aromatic nitrogens is 4. The van der Waals surface area contributed by atoms with Crippen molar-refractivity contribution in [1.82, 2.24) is 30.0 Å². The molecule has 3 N–H and O–H groups in total. The maximum Gasteiger partial charge on any atom is 0.251 e. The van der Waals surface area contributed by atoms with Gasteiger partial charge in [-0.25, -0.2) is 14.6 Å². The van der Waals surface area contributed by atoms with Crippen LogP contribution in [0.2, 0.25) is 0 Å². The fourth-order valence-electron chi connectivity index (χ4n) is 4.74. The number of amides is 2. The lowest BCUT2D eigenvalue weighted by molar-refractivity contribution is -0.127. The number of nitrogen functional groups attached to an aromatic ring is 1. The van der Waals surface area contributed by atoms with Crippen molar-refractivity contribution < 1.29 is 14.3 Å². The molecule has 1 aliphatic rings. The largest absolute Gasteiger partial charge is 0.497 e. The number of fused-ring (bicyclic) bond motifs is 1. The Kier molecular flexibility index (Phi) is 7.03. The Morgan fingerprint density at radius 1 is 1.16 bits per heavy atom. The number of carbonyl (C=O) groups excluding carboxylic acids is 2. The van der Waals surface area contributed by atoms with E-state index < -0.39 is 0 Å². The van der Waals surface area contributed by atoms with Crippen molar-refractivity contribution in [2.45, 2.75) is 25.4 Å². The lowest BCUT2D eigenvalue weighted by atomic mass is 10.1. The van der Waals surface area contributed by atoms with Gasteiger partial charge in [0.2, 0.25) is 5.91 Å². The molecule has 1 saturated heterocycles. The van der Waals surface area contributed by atoms with Crippen LogP contribution in [-0.4, -0.2) is 56.7 Å². The van der Waals surface area contributed by atoms with Crippen molar-refractivity contribution in [2.24, 2.45) is 0 Å². The first-order valence-electron chi connectivity index (χ1n) is 12.4. The van der Waals surface area contributed by atoms with Crippen LogP contribution in [0.15, 0.2) is 67.5 Å². The van der Waals surface area contributed by atoms with E-state index in [0.717, 1.165) is 24.0 Å². The third kappa shape index (κ3) is 4.93. The molecule has 10 heteroatoms. The number of carbonyl (C=O) groups is 2. The number of hydrogen-bond donors (Lipinski definition) is 2. The van der Waals surface area contributed by atoms with Crippen molar-refractivity contribution >= 4 is 28.7 Å². The van der Waals surface area contributed by atoms with Crippen LogP contribution < -0.4 is 15.8 Å². The Balaban J connectivity index is 1.37. The van der Waals surface area contributed by atoms with Crippen molar-refractivity contribution in [3.8, 4) is 17.0 Å². The number of methoxy groups -OCH3 is 1. The van der Waals surface area contributed by atoms with Gasteiger partial charge in [-0.05, 0) is 48.7 Å². The van der Waals surface area contributed by atoms with Gasteiger partial charge >= 0.3 is 0 Å². The molecule has 38 heavy (non-hydrogen) atoms. The van der Waals surface area contributed by atoms with E-state index >= 15 is 0 Å². The normalized spacial score (nSPS) is 15.3. The van der Waals surface area contributed by atoms with Gasteiger partial charge in [0, 0.05) is 30.8 Å². The third-order valence-corrected chi connectivity index (χ3v) is 6.78. The Labute approximate surface area is 220 Å². The first kappa shape index (κ1) is 24.9. The summed E-state index contributed by atoms with van der Waals surface area (Å²) in [5, 5.41) is 8.53. The molecule has 0 radical (unpaired) electrons. The molecule has 0 saturated carbocycles. The minimum Gasteiger partial charge on any atom is -0.497 e. The van der Waals surface area contributed by atoms with E-state index in [1.807, 2.05) is 28.9 Å². The van der Waals surface area contributed by atoms with E-state index in [9.17, 15) is 9.59 Å². The summed E-state index contributed by atoms with van der Waals surface area (Å²) in [6.45, 7) is 5.21. The number of hydrogen-bond acceptors (Lipinski definition) is 7. The molecule has 2 aromatic heterocycles. The molecule has 1 unspecified atom stereocenters. The summed E-state index contributed by atoms with van der Waals surface area (Å²) >= 11 is 0. The summed E-state index contributed by atoms with van der Waals surface area (Å²) < 4.78 is 7.01. The number of anilines is 1. The van der Waals surface area contributed by atoms with E-state index in [-0.39, 0.29) is 17.9 Å². The Morgan fingerprint density at radius 3 is 2.63 bits per heavy atom. The van der Waals surface area contributed by atoms with Crippen molar-refractivity contribution in [2.75, 3.05) is 25.9 Å². The highest BCUT2D eigenvalue weighted by Crippen LogP contribution is 2.33. The zero-order valence-corrected chi connectivity index (χ0v) is 21.1. The molecule has 1 aliphatic heterocycles. The molecule has 5 rings (SSSR count). The van der Waals surface area contributed by atoms with Gasteiger partial charge in [-0.15, -0.1) is 0 Å². The number of rotatable bonds is 7. The molecule has 0 bridgehead atoms. The number of likely N-dealkylation sites (tertiary alicyclic amines) is 1. The van der Waals surface area contributed by atoms with Gasteiger partial charge in [0.25, 0.3) is 5.91 Å². The standard InChI is InChI=1S/C28H29N7O3/c1-3-23(36)34-14-4-5-21(16-34)35-27-24(26(29)31-17-32-27)25(33-35)19-8-6-18(7-9-19)15-30-28(37)20-10-12-22(38-2)13-11-20/h3,6-13,17,21H,1,4-5,14-16H2,2H3,(H,30,37)(H2,29,31,32). The van der Waals surface area contributed by atoms with E-state index in [1.54, 1.807) is 36.3 Å². The molecule has 0 spiro atoms. The van der Waals surface area contributed by atoms with Crippen LogP contribution in [0.4, 0.5) is 5.82 Å². The second-order valence-corrected chi connectivity index (χ2v) is 9.14. The number of nitrogens with one attached hydrogen (secondary N) is 1. The second-order valence-electron chi connectivity index (χ2n) is 9.14. The maximum absolute atomic E-state index is 12.5. The number of benzene rings is 2. The van der Waals surface area contributed by atoms with E-state index in [2.05, 4.69) is 21.9 Å². The molecular formula is C28H29N7O3. The third-order valence-electron chi connectivity index (χ3n) is 6.78. The van der Waals surface area contributed by atoms with Gasteiger partial charge in [-0.3, -0.25) is 9.59 Å². The Morgan fingerprint density at radius 2 is 1.92 bits per heavy atom. The number of nitrogens with two attached hydrogens (primary N) is 1. The van der Waals surface area contributed by atoms with Crippen LogP contribution in [0.1, 0.15) is 34.8 Å². The SMILES string of the molecule is C=CC(=O)N1CCCC(n2nc(-c3ccc(CNC(=O)c4ccc(OC)cc4)cc3)c3c(N)ncnc32)C1. The zero-order chi connectivity index (χ0) is 26.6. The lowest BCUT2D eigenvalue weighted by Crippen LogP contribution is -2.40. The highest BCUT2D eigenvalue weighted by molar-refractivity contribution is 5.98. The molecule has 3 heterocycles. The summed E-state index contributed by atoms with van der Waals surface area (Å²) in [7, 11) is 1.59. The number of ether oxygens (including phenoxy) is 1. The van der Waals surface area contributed by atoms with Crippen molar-refractivity contribution in [3.05, 3.63) is 78.6 Å². The van der Waals surface area contributed by atoms with Crippen molar-refractivity contribution in [3.63, 3.8) is 0 Å². The first-order chi connectivity index (χ1) is 18.5. The van der Waals surface area contributed by atoms with Gasteiger partial charge in [0.1, 0.15) is 23.6 Å². The molecule has 1 fully saturated rings. The smallest absolute Gasteiger partial charge is 0.251 e. The van der Waals surface area contributed by atoms with Gasteiger partial charge < -0.3 is 20.7 Å². The maximum atomic E-state index is 12.5. The molecule has 0 aliphatic carbocycles. The minimum absolute atomic E-state index is 0.0364. The van der Waals surface area contributed by atoms with Gasteiger partial charge in [-0.2, -0.15) is 5.10 Å². The summed E-state index contributed by atoms with van der Waals surface area (Å²) in [5.74, 6) is 0.796. The van der Waals surface area contributed by atoms with Gasteiger partial charge in [-0.1, -0.05) is 30.8 Å². The summed E-state index contributed by atoms with van der Waals surface area (Å²) in [4.78, 5) is 35.2. The van der Waals surface area contributed by atoms with Crippen LogP contribution in [0, 0.1) is 0 Å². The predicted molar refractivity (Wildman–Crippen MR) is 144 cm³/mol. The highest BCUT2D eigenvalue weighted by atomic mass is 16.5. The van der Waals surface area contributed by atoms with Crippen molar-refractivity contribution in [1.29, 1.82) is 0 Å². The summed E-state index contributed by atoms with van der Waals surface area (Å²) in [6.07, 6.45) is 4.51. The molecular weight excluding hydrogens is 482 g/mol. The quantitative estimate of drug-likeness (QED) is 0.364. The van der Waals surface area contributed by atoms with Crippen LogP contribution >= 0.6 is 0 Å². The van der Waals surface area contributed by atoms with E-state index in [1.165, 1.54) is 12.4 Å². The minimum atomic E-state index is -0.164. The van der Waals surface area contributed by atoms with Crippen LogP contribution in [0.25, 0.3) is 22.3 Å². The summed E-state index contributed by atoms with van der Waals surface area (Å²) in [5.41, 5.74) is 9.96. The van der Waals surface area contributed by atoms with Crippen LogP contribution in [0.5, 0.6) is 5.75 Å². The Hall–Kier alpha value is -4.73. The zero-order valence-electron chi connectivity index (χ0n) is 21.1. The van der Waals surface area contributed by atoms with E-state index in [0.29, 0.717) is 53.5 Å². The summed E-state index contributed by atoms with van der Waals surface area (Å²) in [6, 6.07) is 14.7. The average Bonchev–Trinajstić information content (AvgIpc) is 3.37. The first-order valence-corrected chi connectivity index (χ1v) is 12.4. The predicted octanol–water partition coefficient (Wildman–Crippen LogP) is 3.36. The number of piperidine rings is 1. The molecule has 4 aromatic rings. The van der Waals surface area contributed by atoms with Gasteiger partial charge in [0.15, 0.2) is 5.65 Å². The molecule has 10 nitrogen and oxygen atoms in total. The topological polar surface area (TPSA) is 128 Å². The highest BCUT2D eigenvalue weighted by Gasteiger charge is 2.28. The monoisotopic (exact) mass is 511 g/mol. The Bertz CT molecular complexity index is 1480. The molecule has 1 atom stereocenters.